The van der Waals surface area contributed by atoms with Crippen LogP contribution in [0.25, 0.3) is 22.8 Å². The Bertz CT molecular complexity index is 1080. The average Bonchev–Trinajstić information content (AvgIpc) is 3.06. The highest BCUT2D eigenvalue weighted by Crippen LogP contribution is 2.26. The zero-order valence-corrected chi connectivity index (χ0v) is 15.9. The molecule has 0 saturated heterocycles. The van der Waals surface area contributed by atoms with Crippen molar-refractivity contribution in [3.8, 4) is 6.07 Å². The zero-order valence-electron chi connectivity index (χ0n) is 15.9. The summed E-state index contributed by atoms with van der Waals surface area (Å²) in [7, 11) is 3.66. The summed E-state index contributed by atoms with van der Waals surface area (Å²) in [5.41, 5.74) is 3.63. The van der Waals surface area contributed by atoms with E-state index in [4.69, 9.17) is 5.26 Å². The molecule has 0 bridgehead atoms. The maximum atomic E-state index is 14.0. The van der Waals surface area contributed by atoms with Gasteiger partial charge in [0.2, 0.25) is 0 Å². The predicted molar refractivity (Wildman–Crippen MR) is 107 cm³/mol. The lowest BCUT2D eigenvalue weighted by molar-refractivity contribution is 0.197. The Kier molecular flexibility index (Phi) is 5.57. The second kappa shape index (κ2) is 8.06. The molecule has 0 fully saturated rings. The van der Waals surface area contributed by atoms with Crippen LogP contribution in [-0.2, 0) is 7.05 Å². The molecule has 0 aliphatic rings. The third-order valence-electron chi connectivity index (χ3n) is 4.23. The Morgan fingerprint density at radius 2 is 2.18 bits per heavy atom. The quantitative estimate of drug-likeness (QED) is 0.608. The second-order valence-corrected chi connectivity index (χ2v) is 6.49. The lowest BCUT2D eigenvalue weighted by Gasteiger charge is -2.14. The molecule has 1 unspecified atom stereocenters. The average molecular weight is 380 g/mol. The molecule has 7 nitrogen and oxygen atoms in total. The van der Waals surface area contributed by atoms with Gasteiger partial charge in [0.25, 0.3) is 0 Å². The van der Waals surface area contributed by atoms with Gasteiger partial charge in [0.1, 0.15) is 11.3 Å². The molecule has 2 heterocycles. The van der Waals surface area contributed by atoms with E-state index in [9.17, 15) is 9.50 Å². The van der Waals surface area contributed by atoms with Crippen LogP contribution in [0.5, 0.6) is 0 Å². The lowest BCUT2D eigenvalue weighted by Crippen LogP contribution is -2.23. The van der Waals surface area contributed by atoms with Gasteiger partial charge in [0, 0.05) is 43.7 Å². The molecule has 1 aromatic carbocycles. The molecular weight excluding hydrogens is 359 g/mol. The van der Waals surface area contributed by atoms with Gasteiger partial charge in [-0.3, -0.25) is 0 Å². The third-order valence-corrected chi connectivity index (χ3v) is 4.23. The smallest absolute Gasteiger partial charge is 0.153 e. The van der Waals surface area contributed by atoms with Crippen LogP contribution in [0.2, 0.25) is 0 Å². The van der Waals surface area contributed by atoms with Gasteiger partial charge >= 0.3 is 0 Å². The summed E-state index contributed by atoms with van der Waals surface area (Å²) in [5.74, 6) is 0.150. The molecule has 2 aromatic heterocycles. The van der Waals surface area contributed by atoms with Crippen molar-refractivity contribution < 1.29 is 9.50 Å². The number of fused-ring (bicyclic) bond motifs is 1. The first-order chi connectivity index (χ1) is 13.4. The maximum absolute atomic E-state index is 14.0. The Hall–Kier alpha value is -3.44. The monoisotopic (exact) mass is 380 g/mol. The molecule has 3 aromatic rings. The number of nitrogens with one attached hydrogen (secondary N) is 2. The van der Waals surface area contributed by atoms with E-state index in [2.05, 4.69) is 20.6 Å². The number of anilines is 1. The van der Waals surface area contributed by atoms with Crippen molar-refractivity contribution in [2.45, 2.75) is 13.0 Å². The molecule has 8 heteroatoms. The molecule has 28 heavy (non-hydrogen) atoms. The van der Waals surface area contributed by atoms with E-state index < -0.39 is 11.9 Å². The van der Waals surface area contributed by atoms with Gasteiger partial charge in [-0.05, 0) is 31.2 Å². The molecule has 1 atom stereocenters. The van der Waals surface area contributed by atoms with Crippen LogP contribution in [0.15, 0.2) is 30.7 Å². The fourth-order valence-electron chi connectivity index (χ4n) is 2.95. The van der Waals surface area contributed by atoms with Crippen molar-refractivity contribution >= 4 is 28.6 Å². The van der Waals surface area contributed by atoms with E-state index in [0.717, 1.165) is 11.1 Å². The van der Waals surface area contributed by atoms with Gasteiger partial charge in [-0.25, -0.2) is 14.4 Å². The van der Waals surface area contributed by atoms with Gasteiger partial charge in [0.05, 0.1) is 29.6 Å². The van der Waals surface area contributed by atoms with Gasteiger partial charge in [-0.1, -0.05) is 0 Å². The van der Waals surface area contributed by atoms with Gasteiger partial charge in [0.15, 0.2) is 5.82 Å². The largest absolute Gasteiger partial charge is 0.392 e. The van der Waals surface area contributed by atoms with Crippen molar-refractivity contribution in [3.63, 3.8) is 0 Å². The number of pyridine rings is 1. The highest BCUT2D eigenvalue weighted by atomic mass is 19.1. The maximum Gasteiger partial charge on any atom is 0.153 e. The van der Waals surface area contributed by atoms with E-state index in [-0.39, 0.29) is 12.1 Å². The fraction of sp³-hybridized carbons (Fsp3) is 0.250. The summed E-state index contributed by atoms with van der Waals surface area (Å²) in [6.07, 6.45) is 4.61. The van der Waals surface area contributed by atoms with Crippen LogP contribution in [-0.4, -0.2) is 39.3 Å². The van der Waals surface area contributed by atoms with Crippen molar-refractivity contribution in [1.82, 2.24) is 19.9 Å². The highest BCUT2D eigenvalue weighted by Gasteiger charge is 2.13. The SMILES string of the molecule is CNc1ncc(/C=C(\NCC(C)O)c2cc(F)cc(C#N)c2)c2c1ncn2C. The summed E-state index contributed by atoms with van der Waals surface area (Å²) < 4.78 is 15.9. The topological polar surface area (TPSA) is 98.8 Å². The number of hydrogen-bond donors (Lipinski definition) is 3. The minimum Gasteiger partial charge on any atom is -0.392 e. The lowest BCUT2D eigenvalue weighted by atomic mass is 10.1. The number of aryl methyl sites for hydroxylation is 1. The Balaban J connectivity index is 2.18. The number of aliphatic hydroxyl groups excluding tert-OH is 1. The molecule has 0 amide bonds. The van der Waals surface area contributed by atoms with Crippen LogP contribution in [0.1, 0.15) is 23.6 Å². The molecule has 0 radical (unpaired) electrons. The predicted octanol–water partition coefficient (Wildman–Crippen LogP) is 2.49. The third kappa shape index (κ3) is 3.94. The molecule has 3 N–H and O–H groups in total. The van der Waals surface area contributed by atoms with Crippen molar-refractivity contribution in [2.24, 2.45) is 7.05 Å². The number of nitrogens with zero attached hydrogens (tertiary/aromatic N) is 4. The molecular formula is C20H21FN6O. The molecule has 0 spiro atoms. The number of aromatic nitrogens is 3. The summed E-state index contributed by atoms with van der Waals surface area (Å²) >= 11 is 0. The van der Waals surface area contributed by atoms with Gasteiger partial charge in [-0.2, -0.15) is 5.26 Å². The van der Waals surface area contributed by atoms with E-state index in [1.165, 1.54) is 12.1 Å². The first-order valence-corrected chi connectivity index (χ1v) is 8.75. The summed E-state index contributed by atoms with van der Waals surface area (Å²) in [4.78, 5) is 8.79. The molecule has 144 valence electrons. The number of hydrogen-bond acceptors (Lipinski definition) is 6. The highest BCUT2D eigenvalue weighted by molar-refractivity contribution is 5.95. The Labute approximate surface area is 162 Å². The van der Waals surface area contributed by atoms with Gasteiger partial charge < -0.3 is 20.3 Å². The summed E-state index contributed by atoms with van der Waals surface area (Å²) in [6.45, 7) is 1.92. The van der Waals surface area contributed by atoms with E-state index in [0.29, 0.717) is 22.6 Å². The Morgan fingerprint density at radius 3 is 2.86 bits per heavy atom. The van der Waals surface area contributed by atoms with Crippen molar-refractivity contribution in [2.75, 3.05) is 18.9 Å². The number of halogens is 1. The van der Waals surface area contributed by atoms with E-state index >= 15 is 0 Å². The summed E-state index contributed by atoms with van der Waals surface area (Å²) in [6, 6.07) is 6.08. The molecule has 0 aliphatic heterocycles. The number of rotatable bonds is 6. The van der Waals surface area contributed by atoms with Crippen LogP contribution >= 0.6 is 0 Å². The first kappa shape index (κ1) is 19.3. The minimum absolute atomic E-state index is 0.217. The Morgan fingerprint density at radius 1 is 1.39 bits per heavy atom. The second-order valence-electron chi connectivity index (χ2n) is 6.49. The van der Waals surface area contributed by atoms with Crippen molar-refractivity contribution in [3.05, 3.63) is 53.2 Å². The fourth-order valence-corrected chi connectivity index (χ4v) is 2.95. The van der Waals surface area contributed by atoms with Crippen LogP contribution < -0.4 is 10.6 Å². The first-order valence-electron chi connectivity index (χ1n) is 8.75. The minimum atomic E-state index is -0.603. The number of nitriles is 1. The van der Waals surface area contributed by atoms with Crippen LogP contribution in [0, 0.1) is 17.1 Å². The number of imidazole rings is 1. The van der Waals surface area contributed by atoms with Crippen molar-refractivity contribution in [1.29, 1.82) is 5.26 Å². The number of benzene rings is 1. The summed E-state index contributed by atoms with van der Waals surface area (Å²) in [5, 5.41) is 25.0. The van der Waals surface area contributed by atoms with Crippen LogP contribution in [0.3, 0.4) is 0 Å². The van der Waals surface area contributed by atoms with E-state index in [1.54, 1.807) is 32.6 Å². The standard InChI is InChI=1S/C20H21FN6O/c1-12(28)9-24-17(14-4-13(8-22)5-16(21)6-14)7-15-10-25-20(23-2)18-19(15)27(3)11-26-18/h4-7,10-12,24,28H,9H2,1-3H3,(H,23,25)/b17-7-. The van der Waals surface area contributed by atoms with E-state index in [1.807, 2.05) is 23.8 Å². The number of aliphatic hydroxyl groups is 1. The van der Waals surface area contributed by atoms with Crippen LogP contribution in [0.4, 0.5) is 10.2 Å². The molecule has 3 rings (SSSR count). The zero-order chi connectivity index (χ0) is 20.3. The normalized spacial score (nSPS) is 12.6. The molecule has 0 aliphatic carbocycles. The van der Waals surface area contributed by atoms with Gasteiger partial charge in [-0.15, -0.1) is 0 Å². The molecule has 0 saturated carbocycles.